The highest BCUT2D eigenvalue weighted by atomic mass is 16.5. The number of aromatic nitrogens is 2. The number of allylic oxidation sites excluding steroid dienone is 1. The normalized spacial score (nSPS) is 15.7. The van der Waals surface area contributed by atoms with Crippen LogP contribution in [0.25, 0.3) is 17.0 Å². The molecule has 0 aliphatic carbocycles. The van der Waals surface area contributed by atoms with Crippen LogP contribution in [0, 0.1) is 6.92 Å². The number of carbonyl (C=O) groups excluding carboxylic acids is 1. The molecule has 1 N–H and O–H groups in total. The van der Waals surface area contributed by atoms with Gasteiger partial charge in [0.15, 0.2) is 0 Å². The first kappa shape index (κ1) is 23.4. The molecule has 1 aliphatic heterocycles. The van der Waals surface area contributed by atoms with E-state index >= 15 is 0 Å². The van der Waals surface area contributed by atoms with E-state index in [1.165, 1.54) is 5.56 Å². The van der Waals surface area contributed by atoms with Gasteiger partial charge in [0.25, 0.3) is 5.89 Å². The van der Waals surface area contributed by atoms with E-state index in [1.54, 1.807) is 12.0 Å². The molecule has 7 nitrogen and oxygen atoms in total. The number of ether oxygens (including phenoxy) is 1. The standard InChI is InChI=1S/C29H28N4O3/c1-5-20-8-14-23(15-9-20)33-19(3)25(26(30-29(33)34)21-10-6-18(2)7-11-21)28-31-27(32-36-28)22-12-16-24(35-4)17-13-22/h6-17,26H,5H2,1-4H3,(H,30,34). The van der Waals surface area contributed by atoms with E-state index < -0.39 is 6.04 Å². The van der Waals surface area contributed by atoms with Crippen molar-refractivity contribution in [1.82, 2.24) is 15.5 Å². The van der Waals surface area contributed by atoms with E-state index in [0.29, 0.717) is 11.7 Å². The lowest BCUT2D eigenvalue weighted by molar-refractivity contribution is 0.244. The van der Waals surface area contributed by atoms with Crippen LogP contribution >= 0.6 is 0 Å². The fourth-order valence-electron chi connectivity index (χ4n) is 4.41. The molecule has 3 aromatic carbocycles. The van der Waals surface area contributed by atoms with Gasteiger partial charge < -0.3 is 14.6 Å². The summed E-state index contributed by atoms with van der Waals surface area (Å²) < 4.78 is 11.0. The average Bonchev–Trinajstić information content (AvgIpc) is 3.39. The van der Waals surface area contributed by atoms with Crippen molar-refractivity contribution in [3.8, 4) is 17.1 Å². The fraction of sp³-hybridized carbons (Fsp3) is 0.207. The van der Waals surface area contributed by atoms with Gasteiger partial charge in [-0.05, 0) is 67.8 Å². The Morgan fingerprint density at radius 1 is 0.972 bits per heavy atom. The molecule has 2 amide bonds. The number of methoxy groups -OCH3 is 1. The number of hydrogen-bond donors (Lipinski definition) is 1. The lowest BCUT2D eigenvalue weighted by Gasteiger charge is -2.35. The number of nitrogens with one attached hydrogen (secondary N) is 1. The smallest absolute Gasteiger partial charge is 0.326 e. The van der Waals surface area contributed by atoms with E-state index in [2.05, 4.69) is 17.4 Å². The average molecular weight is 481 g/mol. The van der Waals surface area contributed by atoms with Crippen molar-refractivity contribution < 1.29 is 14.1 Å². The number of urea groups is 1. The Labute approximate surface area is 210 Å². The molecule has 0 saturated carbocycles. The molecule has 0 fully saturated rings. The van der Waals surface area contributed by atoms with Gasteiger partial charge in [-0.25, -0.2) is 4.79 Å². The van der Waals surface area contributed by atoms with Crippen LogP contribution in [0.1, 0.15) is 42.5 Å². The Bertz CT molecular complexity index is 1400. The summed E-state index contributed by atoms with van der Waals surface area (Å²) in [6, 6.07) is 22.9. The van der Waals surface area contributed by atoms with Gasteiger partial charge in [-0.1, -0.05) is 54.0 Å². The first-order valence-corrected chi connectivity index (χ1v) is 11.9. The zero-order valence-corrected chi connectivity index (χ0v) is 20.8. The monoisotopic (exact) mass is 480 g/mol. The van der Waals surface area contributed by atoms with Crippen LogP contribution < -0.4 is 15.0 Å². The SMILES string of the molecule is CCc1ccc(N2C(=O)NC(c3ccc(C)cc3)C(c3nc(-c4ccc(OC)cc4)no3)=C2C)cc1. The number of rotatable bonds is 6. The third-order valence-corrected chi connectivity index (χ3v) is 6.50. The summed E-state index contributed by atoms with van der Waals surface area (Å²) in [6.07, 6.45) is 0.929. The summed E-state index contributed by atoms with van der Waals surface area (Å²) in [5, 5.41) is 7.40. The van der Waals surface area contributed by atoms with Gasteiger partial charge in [0, 0.05) is 11.3 Å². The second-order valence-corrected chi connectivity index (χ2v) is 8.80. The molecule has 2 heterocycles. The van der Waals surface area contributed by atoms with Crippen molar-refractivity contribution in [3.63, 3.8) is 0 Å². The van der Waals surface area contributed by atoms with Crippen molar-refractivity contribution in [1.29, 1.82) is 0 Å². The van der Waals surface area contributed by atoms with E-state index in [4.69, 9.17) is 14.2 Å². The Hall–Kier alpha value is -4.39. The molecule has 0 saturated heterocycles. The highest BCUT2D eigenvalue weighted by Gasteiger charge is 2.36. The number of nitrogens with zero attached hydrogens (tertiary/aromatic N) is 3. The van der Waals surface area contributed by atoms with Crippen molar-refractivity contribution in [2.45, 2.75) is 33.2 Å². The predicted octanol–water partition coefficient (Wildman–Crippen LogP) is 6.32. The van der Waals surface area contributed by atoms with Crippen LogP contribution in [0.3, 0.4) is 0 Å². The highest BCUT2D eigenvalue weighted by molar-refractivity contribution is 6.01. The number of anilines is 1. The molecule has 5 rings (SSSR count). The molecule has 36 heavy (non-hydrogen) atoms. The number of amides is 2. The summed E-state index contributed by atoms with van der Waals surface area (Å²) in [6.45, 7) is 6.06. The minimum atomic E-state index is -0.437. The molecule has 0 radical (unpaired) electrons. The number of aryl methyl sites for hydroxylation is 2. The molecular formula is C29H28N4O3. The van der Waals surface area contributed by atoms with Crippen molar-refractivity contribution in [2.75, 3.05) is 12.0 Å². The van der Waals surface area contributed by atoms with Gasteiger partial charge >= 0.3 is 6.03 Å². The maximum atomic E-state index is 13.4. The third kappa shape index (κ3) is 4.35. The molecule has 1 atom stereocenters. The zero-order valence-electron chi connectivity index (χ0n) is 20.8. The van der Waals surface area contributed by atoms with Crippen LogP contribution in [-0.2, 0) is 6.42 Å². The first-order valence-electron chi connectivity index (χ1n) is 11.9. The summed E-state index contributed by atoms with van der Waals surface area (Å²) >= 11 is 0. The van der Waals surface area contributed by atoms with E-state index in [9.17, 15) is 4.79 Å². The molecule has 1 unspecified atom stereocenters. The Morgan fingerprint density at radius 3 is 2.31 bits per heavy atom. The van der Waals surface area contributed by atoms with Gasteiger partial charge in [0.05, 0.1) is 24.4 Å². The molecule has 1 aliphatic rings. The van der Waals surface area contributed by atoms with Gasteiger partial charge in [0.1, 0.15) is 5.75 Å². The van der Waals surface area contributed by atoms with Gasteiger partial charge in [-0.3, -0.25) is 4.90 Å². The second kappa shape index (κ2) is 9.70. The largest absolute Gasteiger partial charge is 0.497 e. The molecule has 1 aromatic heterocycles. The lowest BCUT2D eigenvalue weighted by Crippen LogP contribution is -2.46. The minimum absolute atomic E-state index is 0.207. The summed E-state index contributed by atoms with van der Waals surface area (Å²) in [4.78, 5) is 19.8. The third-order valence-electron chi connectivity index (χ3n) is 6.50. The summed E-state index contributed by atoms with van der Waals surface area (Å²) in [5.41, 5.74) is 6.36. The Kier molecular flexibility index (Phi) is 6.29. The van der Waals surface area contributed by atoms with Gasteiger partial charge in [0.2, 0.25) is 5.82 Å². The maximum absolute atomic E-state index is 13.4. The van der Waals surface area contributed by atoms with Crippen molar-refractivity contribution >= 4 is 17.3 Å². The molecule has 0 spiro atoms. The van der Waals surface area contributed by atoms with Crippen LogP contribution in [0.2, 0.25) is 0 Å². The number of hydrogen-bond acceptors (Lipinski definition) is 5. The van der Waals surface area contributed by atoms with E-state index in [0.717, 1.165) is 45.8 Å². The van der Waals surface area contributed by atoms with Gasteiger partial charge in [-0.15, -0.1) is 0 Å². The van der Waals surface area contributed by atoms with Crippen molar-refractivity contribution in [3.05, 3.63) is 101 Å². The van der Waals surface area contributed by atoms with E-state index in [-0.39, 0.29) is 6.03 Å². The van der Waals surface area contributed by atoms with Crippen LogP contribution in [0.5, 0.6) is 5.75 Å². The molecule has 7 heteroatoms. The topological polar surface area (TPSA) is 80.5 Å². The highest BCUT2D eigenvalue weighted by Crippen LogP contribution is 2.39. The fourth-order valence-corrected chi connectivity index (χ4v) is 4.41. The minimum Gasteiger partial charge on any atom is -0.497 e. The Morgan fingerprint density at radius 2 is 1.67 bits per heavy atom. The van der Waals surface area contributed by atoms with Crippen LogP contribution in [-0.4, -0.2) is 23.3 Å². The molecule has 4 aromatic rings. The number of carbonyl (C=O) groups is 1. The maximum Gasteiger partial charge on any atom is 0.326 e. The second-order valence-electron chi connectivity index (χ2n) is 8.80. The van der Waals surface area contributed by atoms with Crippen LogP contribution in [0.4, 0.5) is 10.5 Å². The first-order chi connectivity index (χ1) is 17.5. The van der Waals surface area contributed by atoms with Crippen LogP contribution in [0.15, 0.2) is 83.0 Å². The molecular weight excluding hydrogens is 452 g/mol. The summed E-state index contributed by atoms with van der Waals surface area (Å²) in [7, 11) is 1.63. The zero-order chi connectivity index (χ0) is 25.2. The van der Waals surface area contributed by atoms with Gasteiger partial charge in [-0.2, -0.15) is 4.98 Å². The molecule has 0 bridgehead atoms. The predicted molar refractivity (Wildman–Crippen MR) is 140 cm³/mol. The number of benzene rings is 3. The van der Waals surface area contributed by atoms with E-state index in [1.807, 2.05) is 86.6 Å². The van der Waals surface area contributed by atoms with Crippen molar-refractivity contribution in [2.24, 2.45) is 0 Å². The molecule has 182 valence electrons. The lowest BCUT2D eigenvalue weighted by atomic mass is 9.94. The Balaban J connectivity index is 1.61. The quantitative estimate of drug-likeness (QED) is 0.349. The summed E-state index contributed by atoms with van der Waals surface area (Å²) in [5.74, 6) is 1.57.